The van der Waals surface area contributed by atoms with Crippen molar-refractivity contribution in [1.82, 2.24) is 10.2 Å². The molecule has 0 spiro atoms. The normalized spacial score (nSPS) is 12.8. The SMILES string of the molecule is CC[C@@H](C)NC(=O)[C@@H](CC)N(CCc1ccccc1)C(=O)CSCc1c(Cl)cccc1Cl. The second kappa shape index (κ2) is 13.8. The lowest BCUT2D eigenvalue weighted by Crippen LogP contribution is -2.52. The molecule has 0 aliphatic carbocycles. The van der Waals surface area contributed by atoms with Crippen LogP contribution in [0.5, 0.6) is 0 Å². The van der Waals surface area contributed by atoms with Crippen molar-refractivity contribution in [3.05, 3.63) is 69.7 Å². The minimum absolute atomic E-state index is 0.0553. The molecule has 0 unspecified atom stereocenters. The summed E-state index contributed by atoms with van der Waals surface area (Å²) in [5, 5.41) is 4.23. The molecule has 1 N–H and O–H groups in total. The molecule has 0 aliphatic heterocycles. The third kappa shape index (κ3) is 8.02. The van der Waals surface area contributed by atoms with E-state index in [1.54, 1.807) is 23.1 Å². The average molecular weight is 496 g/mol. The van der Waals surface area contributed by atoms with Crippen LogP contribution in [0.1, 0.15) is 44.7 Å². The van der Waals surface area contributed by atoms with E-state index in [1.165, 1.54) is 11.8 Å². The predicted octanol–water partition coefficient (Wildman–Crippen LogP) is 5.99. The van der Waals surface area contributed by atoms with Gasteiger partial charge in [0.25, 0.3) is 0 Å². The van der Waals surface area contributed by atoms with Gasteiger partial charge in [-0.3, -0.25) is 9.59 Å². The van der Waals surface area contributed by atoms with Crippen LogP contribution in [0.4, 0.5) is 0 Å². The number of nitrogens with zero attached hydrogens (tertiary/aromatic N) is 1. The molecule has 0 aliphatic rings. The van der Waals surface area contributed by atoms with E-state index in [1.807, 2.05) is 51.1 Å². The Kier molecular flexibility index (Phi) is 11.4. The van der Waals surface area contributed by atoms with Crippen LogP contribution in [0.25, 0.3) is 0 Å². The van der Waals surface area contributed by atoms with Crippen LogP contribution in [-0.2, 0) is 21.8 Å². The number of nitrogens with one attached hydrogen (secondary N) is 1. The molecule has 0 radical (unpaired) electrons. The maximum absolute atomic E-state index is 13.2. The largest absolute Gasteiger partial charge is 0.352 e. The summed E-state index contributed by atoms with van der Waals surface area (Å²) in [6, 6.07) is 15.0. The zero-order valence-corrected chi connectivity index (χ0v) is 21.3. The van der Waals surface area contributed by atoms with Crippen molar-refractivity contribution in [3.8, 4) is 0 Å². The number of amides is 2. The molecule has 0 saturated heterocycles. The standard InChI is InChI=1S/C25H32Cl2N2O2S/c1-4-18(3)28-25(31)23(5-2)29(15-14-19-10-7-6-8-11-19)24(30)17-32-16-20-21(26)12-9-13-22(20)27/h6-13,18,23H,4-5,14-17H2,1-3H3,(H,28,31)/t18-,23-/m1/s1. The molecular weight excluding hydrogens is 463 g/mol. The first-order chi connectivity index (χ1) is 15.4. The van der Waals surface area contributed by atoms with Gasteiger partial charge in [0.2, 0.25) is 11.8 Å². The van der Waals surface area contributed by atoms with Gasteiger partial charge in [-0.05, 0) is 49.4 Å². The summed E-state index contributed by atoms with van der Waals surface area (Å²) in [7, 11) is 0. The Morgan fingerprint density at radius 1 is 1.00 bits per heavy atom. The molecule has 0 fully saturated rings. The molecule has 2 aromatic rings. The lowest BCUT2D eigenvalue weighted by molar-refractivity contribution is -0.139. The number of halogens is 2. The van der Waals surface area contributed by atoms with Gasteiger partial charge in [0.05, 0.1) is 5.75 Å². The number of carbonyl (C=O) groups is 2. The van der Waals surface area contributed by atoms with E-state index in [2.05, 4.69) is 5.32 Å². The van der Waals surface area contributed by atoms with Crippen LogP contribution in [0.3, 0.4) is 0 Å². The summed E-state index contributed by atoms with van der Waals surface area (Å²) in [6.07, 6.45) is 2.10. The molecular formula is C25H32Cl2N2O2S. The first-order valence-electron chi connectivity index (χ1n) is 11.0. The maximum Gasteiger partial charge on any atom is 0.243 e. The van der Waals surface area contributed by atoms with E-state index in [0.29, 0.717) is 35.2 Å². The zero-order valence-electron chi connectivity index (χ0n) is 18.9. The highest BCUT2D eigenvalue weighted by Gasteiger charge is 2.28. The third-order valence-corrected chi connectivity index (χ3v) is 7.06. The fraction of sp³-hybridized carbons (Fsp3) is 0.440. The first-order valence-corrected chi connectivity index (χ1v) is 12.9. The fourth-order valence-electron chi connectivity index (χ4n) is 3.33. The Morgan fingerprint density at radius 3 is 2.25 bits per heavy atom. The molecule has 7 heteroatoms. The van der Waals surface area contributed by atoms with Crippen LogP contribution in [0.15, 0.2) is 48.5 Å². The van der Waals surface area contributed by atoms with Crippen LogP contribution >= 0.6 is 35.0 Å². The number of rotatable bonds is 12. The first kappa shape index (κ1) is 26.6. The predicted molar refractivity (Wildman–Crippen MR) is 136 cm³/mol. The topological polar surface area (TPSA) is 49.4 Å². The Balaban J connectivity index is 2.10. The van der Waals surface area contributed by atoms with Crippen LogP contribution in [0, 0.1) is 0 Å². The van der Waals surface area contributed by atoms with Gasteiger partial charge in [-0.15, -0.1) is 11.8 Å². The fourth-order valence-corrected chi connectivity index (χ4v) is 4.98. The van der Waals surface area contributed by atoms with Crippen molar-refractivity contribution in [3.63, 3.8) is 0 Å². The van der Waals surface area contributed by atoms with Crippen molar-refractivity contribution in [2.45, 2.75) is 57.9 Å². The van der Waals surface area contributed by atoms with Gasteiger partial charge in [0.15, 0.2) is 0 Å². The van der Waals surface area contributed by atoms with Gasteiger partial charge in [-0.2, -0.15) is 0 Å². The lowest BCUT2D eigenvalue weighted by atomic mass is 10.1. The Morgan fingerprint density at radius 2 is 1.66 bits per heavy atom. The minimum Gasteiger partial charge on any atom is -0.352 e. The molecule has 4 nitrogen and oxygen atoms in total. The summed E-state index contributed by atoms with van der Waals surface area (Å²) >= 11 is 14.0. The second-order valence-corrected chi connectivity index (χ2v) is 9.56. The van der Waals surface area contributed by atoms with E-state index in [0.717, 1.165) is 17.5 Å². The van der Waals surface area contributed by atoms with Crippen LogP contribution in [0.2, 0.25) is 10.0 Å². The minimum atomic E-state index is -0.496. The van der Waals surface area contributed by atoms with Crippen LogP contribution in [-0.4, -0.2) is 41.1 Å². The number of hydrogen-bond acceptors (Lipinski definition) is 3. The average Bonchev–Trinajstić information content (AvgIpc) is 2.78. The van der Waals surface area contributed by atoms with Gasteiger partial charge in [0, 0.05) is 28.4 Å². The number of benzene rings is 2. The van der Waals surface area contributed by atoms with E-state index >= 15 is 0 Å². The molecule has 32 heavy (non-hydrogen) atoms. The molecule has 2 amide bonds. The van der Waals surface area contributed by atoms with Crippen molar-refractivity contribution in [1.29, 1.82) is 0 Å². The van der Waals surface area contributed by atoms with Crippen molar-refractivity contribution in [2.24, 2.45) is 0 Å². The summed E-state index contributed by atoms with van der Waals surface area (Å²) < 4.78 is 0. The summed E-state index contributed by atoms with van der Waals surface area (Å²) in [4.78, 5) is 27.9. The molecule has 2 aromatic carbocycles. The number of carbonyl (C=O) groups excluding carboxylic acids is 2. The van der Waals surface area contributed by atoms with E-state index in [-0.39, 0.29) is 23.6 Å². The smallest absolute Gasteiger partial charge is 0.243 e. The van der Waals surface area contributed by atoms with Gasteiger partial charge in [-0.25, -0.2) is 0 Å². The summed E-state index contributed by atoms with van der Waals surface area (Å²) in [6.45, 7) is 6.44. The van der Waals surface area contributed by atoms with E-state index in [9.17, 15) is 9.59 Å². The Hall–Kier alpha value is -1.69. The molecule has 2 rings (SSSR count). The zero-order chi connectivity index (χ0) is 23.5. The highest BCUT2D eigenvalue weighted by atomic mass is 35.5. The van der Waals surface area contributed by atoms with Gasteiger partial charge in [0.1, 0.15) is 6.04 Å². The molecule has 0 aromatic heterocycles. The van der Waals surface area contributed by atoms with Crippen molar-refractivity contribution >= 4 is 46.8 Å². The number of thioether (sulfide) groups is 1. The summed E-state index contributed by atoms with van der Waals surface area (Å²) in [5.74, 6) is 0.637. The van der Waals surface area contributed by atoms with Gasteiger partial charge >= 0.3 is 0 Å². The Bertz CT molecular complexity index is 859. The van der Waals surface area contributed by atoms with E-state index in [4.69, 9.17) is 23.2 Å². The second-order valence-electron chi connectivity index (χ2n) is 7.76. The van der Waals surface area contributed by atoms with Crippen molar-refractivity contribution in [2.75, 3.05) is 12.3 Å². The van der Waals surface area contributed by atoms with Gasteiger partial charge < -0.3 is 10.2 Å². The molecule has 0 saturated carbocycles. The van der Waals surface area contributed by atoms with Crippen molar-refractivity contribution < 1.29 is 9.59 Å². The van der Waals surface area contributed by atoms with Gasteiger partial charge in [-0.1, -0.05) is 73.4 Å². The Labute approximate surface area is 206 Å². The monoisotopic (exact) mass is 494 g/mol. The molecule has 2 atom stereocenters. The molecule has 0 bridgehead atoms. The quantitative estimate of drug-likeness (QED) is 0.394. The van der Waals surface area contributed by atoms with E-state index < -0.39 is 6.04 Å². The lowest BCUT2D eigenvalue weighted by Gasteiger charge is -2.31. The number of hydrogen-bond donors (Lipinski definition) is 1. The molecule has 0 heterocycles. The maximum atomic E-state index is 13.2. The third-order valence-electron chi connectivity index (χ3n) is 5.40. The highest BCUT2D eigenvalue weighted by Crippen LogP contribution is 2.28. The highest BCUT2D eigenvalue weighted by molar-refractivity contribution is 7.99. The summed E-state index contributed by atoms with van der Waals surface area (Å²) in [5.41, 5.74) is 1.96. The van der Waals surface area contributed by atoms with Crippen LogP contribution < -0.4 is 5.32 Å². The molecule has 174 valence electrons.